The summed E-state index contributed by atoms with van der Waals surface area (Å²) in [5, 5.41) is 7.55. The first kappa shape index (κ1) is 43.2. The van der Waals surface area contributed by atoms with Crippen LogP contribution < -0.4 is 47.7 Å². The van der Waals surface area contributed by atoms with Gasteiger partial charge in [0.2, 0.25) is 0 Å². The van der Waals surface area contributed by atoms with Crippen molar-refractivity contribution >= 4 is 81.9 Å². The van der Waals surface area contributed by atoms with E-state index in [1.165, 1.54) is 0 Å². The van der Waals surface area contributed by atoms with Crippen LogP contribution in [0.4, 0.5) is 14.4 Å². The molecule has 0 amide bonds. The average Bonchev–Trinajstić information content (AvgIpc) is 3.38. The molecule has 0 radical (unpaired) electrons. The molecule has 0 aliphatic rings. The molecule has 0 bridgehead atoms. The second-order valence-corrected chi connectivity index (χ2v) is 32.3. The van der Waals surface area contributed by atoms with Crippen LogP contribution in [-0.2, 0) is 16.0 Å². The van der Waals surface area contributed by atoms with Crippen LogP contribution >= 0.6 is 21.8 Å². The summed E-state index contributed by atoms with van der Waals surface area (Å²) in [7, 11) is -11.9. The molecule has 7 heteroatoms. The molecule has 0 atom stereocenters. The van der Waals surface area contributed by atoms with Gasteiger partial charge in [-0.1, -0.05) is 0 Å². The predicted molar refractivity (Wildman–Crippen MR) is 276 cm³/mol. The topological polar surface area (TPSA) is 51.2 Å². The SMILES string of the molecule is O=[C]([Rh]([C](=O)[PH](c1ccccc1)(c1ccccc1)c1ccccc1)[C](=O)[PH](c1ccccc1)(c1ccccc1)c1ccccc1)[PH](c1ccccc1)(c1ccccc1)c1ccccc1. The number of hydrogen-bond acceptors (Lipinski definition) is 3. The summed E-state index contributed by atoms with van der Waals surface area (Å²) in [5.41, 5.74) is 0. The Balaban J connectivity index is 1.48. The van der Waals surface area contributed by atoms with Gasteiger partial charge in [-0.05, 0) is 0 Å². The third-order valence-corrected chi connectivity index (χ3v) is 35.3. The second-order valence-electron chi connectivity index (χ2n) is 15.6. The average molecular weight is 977 g/mol. The maximum atomic E-state index is 17.7. The minimum atomic E-state index is -3.99. The maximum absolute atomic E-state index is 17.7. The zero-order chi connectivity index (χ0) is 43.8. The van der Waals surface area contributed by atoms with Crippen LogP contribution in [0, 0.1) is 0 Å². The van der Waals surface area contributed by atoms with E-state index < -0.39 is 37.7 Å². The van der Waals surface area contributed by atoms with Gasteiger partial charge in [0.1, 0.15) is 0 Å². The molecule has 64 heavy (non-hydrogen) atoms. The van der Waals surface area contributed by atoms with Gasteiger partial charge < -0.3 is 0 Å². The first-order chi connectivity index (χ1) is 31.5. The zero-order valence-corrected chi connectivity index (χ0v) is 39.7. The van der Waals surface area contributed by atoms with E-state index in [0.717, 1.165) is 47.7 Å². The fourth-order valence-electron chi connectivity index (χ4n) is 9.24. The van der Waals surface area contributed by atoms with Gasteiger partial charge in [0, 0.05) is 0 Å². The quantitative estimate of drug-likeness (QED) is 0.0760. The van der Waals surface area contributed by atoms with E-state index in [-0.39, 0.29) is 12.4 Å². The molecule has 0 fully saturated rings. The Kier molecular flexibility index (Phi) is 13.0. The van der Waals surface area contributed by atoms with Crippen molar-refractivity contribution < 1.29 is 30.3 Å². The van der Waals surface area contributed by atoms with Crippen molar-refractivity contribution in [3.63, 3.8) is 0 Å². The van der Waals surface area contributed by atoms with E-state index in [2.05, 4.69) is 0 Å². The van der Waals surface area contributed by atoms with E-state index >= 15 is 14.4 Å². The van der Waals surface area contributed by atoms with Crippen LogP contribution in [-0.4, -0.2) is 12.4 Å². The summed E-state index contributed by atoms with van der Waals surface area (Å²) in [6.45, 7) is 0. The summed E-state index contributed by atoms with van der Waals surface area (Å²) in [4.78, 5) is 53.0. The third-order valence-electron chi connectivity index (χ3n) is 12.1. The Morgan fingerprint density at radius 1 is 0.203 bits per heavy atom. The van der Waals surface area contributed by atoms with Crippen molar-refractivity contribution in [1.29, 1.82) is 0 Å². The van der Waals surface area contributed by atoms with Gasteiger partial charge in [-0.3, -0.25) is 0 Å². The normalized spacial score (nSPS) is 12.7. The fourth-order valence-corrected chi connectivity index (χ4v) is 38.2. The molecule has 0 saturated carbocycles. The summed E-state index contributed by atoms with van der Waals surface area (Å²) in [5.74, 6) is 0. The van der Waals surface area contributed by atoms with Gasteiger partial charge in [-0.2, -0.15) is 0 Å². The zero-order valence-electron chi connectivity index (χ0n) is 35.0. The molecule has 0 N–H and O–H groups in total. The van der Waals surface area contributed by atoms with Crippen molar-refractivity contribution in [3.05, 3.63) is 273 Å². The number of hydrogen-bond donors (Lipinski definition) is 0. The molecule has 0 aromatic heterocycles. The van der Waals surface area contributed by atoms with Crippen molar-refractivity contribution in [2.75, 3.05) is 0 Å². The first-order valence-corrected chi connectivity index (χ1v) is 29.8. The molecule has 0 spiro atoms. The number of carbonyl (C=O) groups excluding carboxylic acids is 3. The summed E-state index contributed by atoms with van der Waals surface area (Å²) in [6, 6.07) is 89.9. The number of benzene rings is 9. The van der Waals surface area contributed by atoms with Gasteiger partial charge in [0.25, 0.3) is 0 Å². The molecule has 0 aliphatic heterocycles. The van der Waals surface area contributed by atoms with E-state index in [1.54, 1.807) is 0 Å². The second kappa shape index (κ2) is 19.3. The fraction of sp³-hybridized carbons (Fsp3) is 0. The molecular formula is C57H48O3P3Rh. The molecule has 0 aliphatic carbocycles. The summed E-state index contributed by atoms with van der Waals surface area (Å²) >= 11 is -3.99. The molecule has 0 unspecified atom stereocenters. The Hall–Kier alpha value is -6.10. The molecule has 0 saturated heterocycles. The van der Waals surface area contributed by atoms with Gasteiger partial charge in [0.05, 0.1) is 0 Å². The standard InChI is InChI=1S/3C19H16OP.Rh/c3*20-16-21(17-10-4-1-5-11-17,18-12-6-2-7-13-18)19-14-8-3-9-15-19;/h3*1-15,21H;. The Bertz CT molecular complexity index is 2350. The molecule has 9 aromatic carbocycles. The molecule has 318 valence electrons. The molecule has 9 rings (SSSR count). The number of carbonyl (C=O) groups is 3. The van der Waals surface area contributed by atoms with Crippen molar-refractivity contribution in [3.8, 4) is 0 Å². The third kappa shape index (κ3) is 7.50. The summed E-state index contributed by atoms with van der Waals surface area (Å²) in [6.07, 6.45) is 0. The van der Waals surface area contributed by atoms with E-state index in [9.17, 15) is 0 Å². The van der Waals surface area contributed by atoms with Crippen LogP contribution in [0.2, 0.25) is 0 Å². The predicted octanol–water partition coefficient (Wildman–Crippen LogP) is 10.1. The molecular weight excluding hydrogens is 928 g/mol. The van der Waals surface area contributed by atoms with Crippen molar-refractivity contribution in [2.24, 2.45) is 0 Å². The van der Waals surface area contributed by atoms with Crippen LogP contribution in [0.3, 0.4) is 0 Å². The molecule has 9 aromatic rings. The Labute approximate surface area is 382 Å². The minimum absolute atomic E-state index is 0.212. The van der Waals surface area contributed by atoms with Crippen LogP contribution in [0.5, 0.6) is 0 Å². The van der Waals surface area contributed by atoms with E-state index in [1.807, 2.05) is 273 Å². The van der Waals surface area contributed by atoms with E-state index in [0.29, 0.717) is 0 Å². The van der Waals surface area contributed by atoms with Gasteiger partial charge in [0.15, 0.2) is 0 Å². The van der Waals surface area contributed by atoms with Crippen molar-refractivity contribution in [2.45, 2.75) is 0 Å². The van der Waals surface area contributed by atoms with Gasteiger partial charge in [-0.15, -0.1) is 0 Å². The van der Waals surface area contributed by atoms with Crippen LogP contribution in [0.25, 0.3) is 0 Å². The van der Waals surface area contributed by atoms with Crippen LogP contribution in [0.1, 0.15) is 0 Å². The Morgan fingerprint density at radius 3 is 0.422 bits per heavy atom. The van der Waals surface area contributed by atoms with Crippen molar-refractivity contribution in [1.82, 2.24) is 0 Å². The van der Waals surface area contributed by atoms with Crippen LogP contribution in [0.15, 0.2) is 273 Å². The monoisotopic (exact) mass is 976 g/mol. The first-order valence-electron chi connectivity index (χ1n) is 21.3. The van der Waals surface area contributed by atoms with E-state index in [4.69, 9.17) is 0 Å². The van der Waals surface area contributed by atoms with Gasteiger partial charge >= 0.3 is 385 Å². The molecule has 0 heterocycles. The molecule has 3 nitrogen and oxygen atoms in total. The Morgan fingerprint density at radius 2 is 0.312 bits per heavy atom. The van der Waals surface area contributed by atoms with Gasteiger partial charge in [-0.25, -0.2) is 0 Å². The summed E-state index contributed by atoms with van der Waals surface area (Å²) < 4.78 is -0.637. The number of rotatable bonds is 15.